The summed E-state index contributed by atoms with van der Waals surface area (Å²) in [5.74, 6) is 0.134. The molecule has 1 aliphatic rings. The highest BCUT2D eigenvalue weighted by Crippen LogP contribution is 2.40. The summed E-state index contributed by atoms with van der Waals surface area (Å²) in [4.78, 5) is 11.9. The van der Waals surface area contributed by atoms with Gasteiger partial charge in [0.15, 0.2) is 6.10 Å². The molecule has 1 heterocycles. The van der Waals surface area contributed by atoms with Crippen LogP contribution in [0.5, 0.6) is 5.75 Å². The summed E-state index contributed by atoms with van der Waals surface area (Å²) in [6.07, 6.45) is 0.218. The lowest BCUT2D eigenvalue weighted by atomic mass is 9.96. The van der Waals surface area contributed by atoms with Crippen LogP contribution in [-0.2, 0) is 4.74 Å². The van der Waals surface area contributed by atoms with Gasteiger partial charge in [0.25, 0.3) is 0 Å². The monoisotopic (exact) mass is 250 g/mol. The molecule has 0 saturated carbocycles. The third-order valence-electron chi connectivity index (χ3n) is 3.27. The first-order chi connectivity index (χ1) is 8.60. The number of aliphatic hydroxyl groups excluding tert-OH is 1. The van der Waals surface area contributed by atoms with E-state index in [0.717, 1.165) is 17.5 Å². The lowest BCUT2D eigenvalue weighted by molar-refractivity contribution is -0.0122. The normalized spacial score (nSPS) is 19.3. The van der Waals surface area contributed by atoms with Crippen LogP contribution < -0.4 is 4.74 Å². The molecule has 1 aromatic rings. The number of carbonyl (C=O) groups is 1. The SMILES string of the molecule is CCC[C@H](O)[C@H]1OC(=O)c2c1ccc(C)c2OC. The standard InChI is InChI=1S/C14H18O4/c1-4-5-10(15)13-9-7-6-8(2)12(17-3)11(9)14(16)18-13/h6-7,10,13,15H,4-5H2,1-3H3/t10-,13-/m0/s1. The fraction of sp³-hybridized carbons (Fsp3) is 0.500. The van der Waals surface area contributed by atoms with Crippen molar-refractivity contribution >= 4 is 5.97 Å². The third kappa shape index (κ3) is 1.97. The van der Waals surface area contributed by atoms with Crippen molar-refractivity contribution in [3.63, 3.8) is 0 Å². The lowest BCUT2D eigenvalue weighted by Crippen LogP contribution is -2.18. The molecule has 98 valence electrons. The van der Waals surface area contributed by atoms with Crippen LogP contribution >= 0.6 is 0 Å². The molecule has 0 aliphatic carbocycles. The molecule has 0 saturated heterocycles. The number of cyclic esters (lactones) is 1. The maximum absolute atomic E-state index is 11.9. The van der Waals surface area contributed by atoms with Gasteiger partial charge in [-0.3, -0.25) is 0 Å². The number of rotatable bonds is 4. The van der Waals surface area contributed by atoms with Crippen LogP contribution in [0, 0.1) is 6.92 Å². The highest BCUT2D eigenvalue weighted by Gasteiger charge is 2.38. The number of hydrogen-bond donors (Lipinski definition) is 1. The number of aliphatic hydroxyl groups is 1. The van der Waals surface area contributed by atoms with E-state index < -0.39 is 18.2 Å². The van der Waals surface area contributed by atoms with Gasteiger partial charge in [0.1, 0.15) is 11.3 Å². The molecule has 2 rings (SSSR count). The number of methoxy groups -OCH3 is 1. The number of hydrogen-bond acceptors (Lipinski definition) is 4. The maximum Gasteiger partial charge on any atom is 0.343 e. The molecule has 0 fully saturated rings. The average molecular weight is 250 g/mol. The smallest absolute Gasteiger partial charge is 0.343 e. The second kappa shape index (κ2) is 4.98. The lowest BCUT2D eigenvalue weighted by Gasteiger charge is -2.17. The minimum Gasteiger partial charge on any atom is -0.496 e. The van der Waals surface area contributed by atoms with E-state index in [1.807, 2.05) is 26.0 Å². The number of fused-ring (bicyclic) bond motifs is 1. The van der Waals surface area contributed by atoms with Gasteiger partial charge in [0, 0.05) is 5.56 Å². The zero-order valence-electron chi connectivity index (χ0n) is 10.9. The predicted molar refractivity (Wildman–Crippen MR) is 66.8 cm³/mol. The van der Waals surface area contributed by atoms with Gasteiger partial charge >= 0.3 is 5.97 Å². The first-order valence-electron chi connectivity index (χ1n) is 6.16. The number of ether oxygens (including phenoxy) is 2. The zero-order valence-corrected chi connectivity index (χ0v) is 10.9. The topological polar surface area (TPSA) is 55.8 Å². The maximum atomic E-state index is 11.9. The molecular weight excluding hydrogens is 232 g/mol. The minimum atomic E-state index is -0.660. The van der Waals surface area contributed by atoms with Gasteiger partial charge in [-0.05, 0) is 18.9 Å². The summed E-state index contributed by atoms with van der Waals surface area (Å²) in [5.41, 5.74) is 2.07. The molecule has 1 N–H and O–H groups in total. The Morgan fingerprint density at radius 1 is 1.50 bits per heavy atom. The molecule has 0 aromatic heterocycles. The Hall–Kier alpha value is -1.55. The van der Waals surface area contributed by atoms with Crippen LogP contribution in [0.1, 0.15) is 47.4 Å². The Kier molecular flexibility index (Phi) is 3.57. The molecule has 1 aliphatic heterocycles. The molecule has 0 unspecified atom stereocenters. The number of aryl methyl sites for hydroxylation is 1. The van der Waals surface area contributed by atoms with E-state index in [4.69, 9.17) is 9.47 Å². The zero-order chi connectivity index (χ0) is 13.3. The van der Waals surface area contributed by atoms with Gasteiger partial charge in [-0.15, -0.1) is 0 Å². The Morgan fingerprint density at radius 3 is 2.83 bits per heavy atom. The Labute approximate surface area is 107 Å². The van der Waals surface area contributed by atoms with E-state index in [-0.39, 0.29) is 0 Å². The summed E-state index contributed by atoms with van der Waals surface area (Å²) in [7, 11) is 1.53. The Morgan fingerprint density at radius 2 is 2.22 bits per heavy atom. The number of carbonyl (C=O) groups excluding carboxylic acids is 1. The van der Waals surface area contributed by atoms with Crippen LogP contribution in [0.25, 0.3) is 0 Å². The van der Waals surface area contributed by atoms with Gasteiger partial charge in [0.2, 0.25) is 0 Å². The second-order valence-electron chi connectivity index (χ2n) is 4.56. The minimum absolute atomic E-state index is 0.411. The highest BCUT2D eigenvalue weighted by atomic mass is 16.6. The summed E-state index contributed by atoms with van der Waals surface area (Å²) in [5, 5.41) is 10.0. The first-order valence-corrected chi connectivity index (χ1v) is 6.16. The van der Waals surface area contributed by atoms with Gasteiger partial charge in [-0.1, -0.05) is 25.5 Å². The van der Waals surface area contributed by atoms with Crippen LogP contribution in [-0.4, -0.2) is 24.3 Å². The quantitative estimate of drug-likeness (QED) is 0.833. The molecule has 2 atom stereocenters. The highest BCUT2D eigenvalue weighted by molar-refractivity contribution is 5.97. The summed E-state index contributed by atoms with van der Waals surface area (Å²) in [6.45, 7) is 3.86. The van der Waals surface area contributed by atoms with Crippen molar-refractivity contribution in [3.05, 3.63) is 28.8 Å². The largest absolute Gasteiger partial charge is 0.496 e. The van der Waals surface area contributed by atoms with Crippen molar-refractivity contribution in [1.29, 1.82) is 0 Å². The molecule has 0 amide bonds. The van der Waals surface area contributed by atoms with Crippen molar-refractivity contribution in [3.8, 4) is 5.75 Å². The number of benzene rings is 1. The van der Waals surface area contributed by atoms with Crippen molar-refractivity contribution < 1.29 is 19.4 Å². The molecule has 1 aromatic carbocycles. The van der Waals surface area contributed by atoms with Gasteiger partial charge < -0.3 is 14.6 Å². The van der Waals surface area contributed by atoms with E-state index >= 15 is 0 Å². The van der Waals surface area contributed by atoms with Gasteiger partial charge in [-0.2, -0.15) is 0 Å². The molecule has 18 heavy (non-hydrogen) atoms. The second-order valence-corrected chi connectivity index (χ2v) is 4.56. The fourth-order valence-electron chi connectivity index (χ4n) is 2.38. The van der Waals surface area contributed by atoms with E-state index in [1.165, 1.54) is 7.11 Å². The third-order valence-corrected chi connectivity index (χ3v) is 3.27. The van der Waals surface area contributed by atoms with Gasteiger partial charge in [0.05, 0.1) is 13.2 Å². The van der Waals surface area contributed by atoms with Crippen LogP contribution in [0.3, 0.4) is 0 Å². The van der Waals surface area contributed by atoms with Crippen molar-refractivity contribution in [2.45, 2.75) is 38.9 Å². The van der Waals surface area contributed by atoms with E-state index in [1.54, 1.807) is 0 Å². The first kappa shape index (κ1) is 12.9. The Bertz CT molecular complexity index is 467. The van der Waals surface area contributed by atoms with E-state index in [0.29, 0.717) is 17.7 Å². The molecule has 4 heteroatoms. The van der Waals surface area contributed by atoms with Crippen LogP contribution in [0.2, 0.25) is 0 Å². The summed E-state index contributed by atoms with van der Waals surface area (Å²) in [6, 6.07) is 3.72. The molecule has 0 bridgehead atoms. The molecule has 4 nitrogen and oxygen atoms in total. The van der Waals surface area contributed by atoms with Crippen LogP contribution in [0.4, 0.5) is 0 Å². The van der Waals surface area contributed by atoms with Crippen molar-refractivity contribution in [2.75, 3.05) is 7.11 Å². The molecule has 0 spiro atoms. The predicted octanol–water partition coefficient (Wildman–Crippen LogP) is 2.38. The van der Waals surface area contributed by atoms with E-state index in [9.17, 15) is 9.90 Å². The van der Waals surface area contributed by atoms with Crippen molar-refractivity contribution in [2.24, 2.45) is 0 Å². The van der Waals surface area contributed by atoms with Crippen molar-refractivity contribution in [1.82, 2.24) is 0 Å². The molecule has 0 radical (unpaired) electrons. The average Bonchev–Trinajstić information content (AvgIpc) is 2.68. The number of esters is 1. The van der Waals surface area contributed by atoms with E-state index in [2.05, 4.69) is 0 Å². The molecular formula is C14H18O4. The van der Waals surface area contributed by atoms with Gasteiger partial charge in [-0.25, -0.2) is 4.79 Å². The van der Waals surface area contributed by atoms with Crippen LogP contribution in [0.15, 0.2) is 12.1 Å². The fourth-order valence-corrected chi connectivity index (χ4v) is 2.38. The summed E-state index contributed by atoms with van der Waals surface area (Å²) < 4.78 is 10.5. The Balaban J connectivity index is 2.44. The summed E-state index contributed by atoms with van der Waals surface area (Å²) >= 11 is 0.